The van der Waals surface area contributed by atoms with Crippen molar-refractivity contribution in [3.05, 3.63) is 76.6 Å². The summed E-state index contributed by atoms with van der Waals surface area (Å²) >= 11 is 0. The summed E-state index contributed by atoms with van der Waals surface area (Å²) in [6.45, 7) is 8.14. The van der Waals surface area contributed by atoms with E-state index in [2.05, 4.69) is 34.4 Å². The number of nitrogens with one attached hydrogen (secondary N) is 1. The Morgan fingerprint density at radius 1 is 1.16 bits per heavy atom. The molecule has 5 rings (SSSR count). The number of fused-ring (bicyclic) bond motifs is 1. The third-order valence-corrected chi connectivity index (χ3v) is 6.97. The molecule has 5 nitrogen and oxygen atoms in total. The Morgan fingerprint density at radius 2 is 1.94 bits per heavy atom. The van der Waals surface area contributed by atoms with Gasteiger partial charge in [0, 0.05) is 40.7 Å². The second kappa shape index (κ2) is 7.19. The maximum atomic E-state index is 15.6. The maximum Gasteiger partial charge on any atom is 0.164 e. The monoisotopic (exact) mass is 430 g/mol. The minimum atomic E-state index is -0.898. The number of pyridine rings is 1. The van der Waals surface area contributed by atoms with Crippen molar-refractivity contribution >= 4 is 5.78 Å². The summed E-state index contributed by atoms with van der Waals surface area (Å²) in [6, 6.07) is 9.10. The lowest BCUT2D eigenvalue weighted by atomic mass is 9.58. The van der Waals surface area contributed by atoms with E-state index in [4.69, 9.17) is 0 Å². The van der Waals surface area contributed by atoms with Crippen molar-refractivity contribution in [2.24, 2.45) is 15.6 Å². The molecule has 0 amide bonds. The number of aryl methyl sites for hydroxylation is 1. The Labute approximate surface area is 187 Å². The summed E-state index contributed by atoms with van der Waals surface area (Å²) < 4.78 is 15.6. The van der Waals surface area contributed by atoms with Crippen LogP contribution in [0.25, 0.3) is 11.1 Å². The van der Waals surface area contributed by atoms with Gasteiger partial charge >= 0.3 is 0 Å². The fourth-order valence-electron chi connectivity index (χ4n) is 5.61. The molecule has 1 N–H and O–H groups in total. The smallest absolute Gasteiger partial charge is 0.164 e. The van der Waals surface area contributed by atoms with Gasteiger partial charge in [0.25, 0.3) is 0 Å². The van der Waals surface area contributed by atoms with E-state index < -0.39 is 5.41 Å². The van der Waals surface area contributed by atoms with Gasteiger partial charge in [0.05, 0.1) is 11.6 Å². The number of Topliss-reactive ketones (excluding diaryl/α,β-unsaturated/α-hetero) is 1. The van der Waals surface area contributed by atoms with E-state index in [1.807, 2.05) is 32.0 Å². The van der Waals surface area contributed by atoms with Crippen LogP contribution in [0, 0.1) is 18.2 Å². The van der Waals surface area contributed by atoms with Gasteiger partial charge in [-0.25, -0.2) is 4.39 Å². The van der Waals surface area contributed by atoms with E-state index in [1.165, 1.54) is 6.07 Å². The molecule has 0 bridgehead atoms. The number of nitrogens with zero attached hydrogens (tertiary/aromatic N) is 3. The summed E-state index contributed by atoms with van der Waals surface area (Å²) in [5.41, 5.74) is 4.61. The number of carbonyl (C=O) groups is 1. The molecule has 0 fully saturated rings. The van der Waals surface area contributed by atoms with Crippen LogP contribution in [-0.2, 0) is 10.2 Å². The number of ketones is 1. The fraction of sp³-hybridized carbons (Fsp3) is 0.385. The highest BCUT2D eigenvalue weighted by atomic mass is 19.1. The highest BCUT2D eigenvalue weighted by Crippen LogP contribution is 2.54. The van der Waals surface area contributed by atoms with E-state index in [1.54, 1.807) is 18.5 Å². The van der Waals surface area contributed by atoms with Crippen LogP contribution < -0.4 is 5.32 Å². The van der Waals surface area contributed by atoms with E-state index in [0.717, 1.165) is 34.5 Å². The first-order chi connectivity index (χ1) is 15.2. The number of carbonyl (C=O) groups excluding carboxylic acids is 1. The van der Waals surface area contributed by atoms with Crippen LogP contribution in [0.1, 0.15) is 51.3 Å². The second-order valence-corrected chi connectivity index (χ2v) is 9.80. The molecular weight excluding hydrogens is 403 g/mol. The number of benzene rings is 1. The number of hydrogen-bond acceptors (Lipinski definition) is 5. The topological polar surface area (TPSA) is 66.7 Å². The molecule has 1 aliphatic carbocycles. The molecule has 1 unspecified atom stereocenters. The molecule has 164 valence electrons. The lowest BCUT2D eigenvalue weighted by molar-refractivity contribution is -0.119. The average molecular weight is 431 g/mol. The van der Waals surface area contributed by atoms with Gasteiger partial charge in [0.2, 0.25) is 0 Å². The van der Waals surface area contributed by atoms with Gasteiger partial charge in [0.1, 0.15) is 5.82 Å². The minimum absolute atomic E-state index is 0.0707. The minimum Gasteiger partial charge on any atom is -0.362 e. The summed E-state index contributed by atoms with van der Waals surface area (Å²) in [6.07, 6.45) is 4.80. The zero-order chi connectivity index (χ0) is 22.7. The van der Waals surface area contributed by atoms with Crippen molar-refractivity contribution in [1.82, 2.24) is 10.3 Å². The van der Waals surface area contributed by atoms with Crippen LogP contribution in [-0.4, -0.2) is 16.9 Å². The first-order valence-corrected chi connectivity index (χ1v) is 11.1. The fourth-order valence-corrected chi connectivity index (χ4v) is 5.61. The van der Waals surface area contributed by atoms with Crippen LogP contribution in [0.4, 0.5) is 4.39 Å². The van der Waals surface area contributed by atoms with Crippen LogP contribution in [0.5, 0.6) is 0 Å². The third kappa shape index (κ3) is 3.04. The molecule has 2 aliphatic heterocycles. The summed E-state index contributed by atoms with van der Waals surface area (Å²) in [7, 11) is 0. The van der Waals surface area contributed by atoms with E-state index in [9.17, 15) is 4.79 Å². The number of aromatic nitrogens is 1. The molecule has 0 radical (unpaired) electrons. The molecule has 3 heterocycles. The number of hydrogen-bond donors (Lipinski definition) is 1. The molecule has 1 aromatic carbocycles. The molecule has 2 aromatic rings. The van der Waals surface area contributed by atoms with E-state index in [0.29, 0.717) is 24.0 Å². The number of allylic oxidation sites excluding steroid dienone is 2. The van der Waals surface area contributed by atoms with Gasteiger partial charge in [-0.15, -0.1) is 0 Å². The Kier molecular flexibility index (Phi) is 4.66. The molecule has 0 saturated heterocycles. The predicted octanol–water partition coefficient (Wildman–Crippen LogP) is 5.77. The van der Waals surface area contributed by atoms with Crippen molar-refractivity contribution in [1.29, 1.82) is 0 Å². The summed E-state index contributed by atoms with van der Waals surface area (Å²) in [5, 5.41) is 12.0. The molecule has 2 atom stereocenters. The Balaban J connectivity index is 1.78. The molecule has 1 aromatic heterocycles. The zero-order valence-electron chi connectivity index (χ0n) is 18.9. The molecule has 0 saturated carbocycles. The normalized spacial score (nSPS) is 25.8. The Morgan fingerprint density at radius 3 is 2.69 bits per heavy atom. The number of azo groups is 1. The molecular formula is C26H27FN4O. The van der Waals surface area contributed by atoms with Crippen molar-refractivity contribution in [3.8, 4) is 11.1 Å². The molecule has 3 aliphatic rings. The van der Waals surface area contributed by atoms with Crippen molar-refractivity contribution in [3.63, 3.8) is 0 Å². The van der Waals surface area contributed by atoms with Gasteiger partial charge in [-0.05, 0) is 60.6 Å². The van der Waals surface area contributed by atoms with Crippen LogP contribution in [0.15, 0.2) is 69.8 Å². The van der Waals surface area contributed by atoms with Gasteiger partial charge < -0.3 is 5.32 Å². The van der Waals surface area contributed by atoms with E-state index in [-0.39, 0.29) is 23.2 Å². The van der Waals surface area contributed by atoms with Gasteiger partial charge in [-0.3, -0.25) is 9.78 Å². The van der Waals surface area contributed by atoms with Crippen molar-refractivity contribution in [2.45, 2.75) is 58.5 Å². The van der Waals surface area contributed by atoms with Crippen LogP contribution >= 0.6 is 0 Å². The molecule has 0 spiro atoms. The number of rotatable bonds is 3. The SMILES string of the molecule is CC[C@@]1(c2cc(-c3ccnc(C)c3)ccc2F)C2=CN=NC2NC2=C1C(=O)CC(C)(C)C2. The summed E-state index contributed by atoms with van der Waals surface area (Å²) in [5.74, 6) is -0.249. The summed E-state index contributed by atoms with van der Waals surface area (Å²) in [4.78, 5) is 17.9. The van der Waals surface area contributed by atoms with Gasteiger partial charge in [-0.2, -0.15) is 10.2 Å². The maximum absolute atomic E-state index is 15.6. The molecule has 32 heavy (non-hydrogen) atoms. The highest BCUT2D eigenvalue weighted by Gasteiger charge is 2.53. The quantitative estimate of drug-likeness (QED) is 0.673. The Hall–Kier alpha value is -3.15. The van der Waals surface area contributed by atoms with Gasteiger partial charge in [0.15, 0.2) is 11.9 Å². The lowest BCUT2D eigenvalue weighted by Crippen LogP contribution is -2.51. The van der Waals surface area contributed by atoms with Crippen LogP contribution in [0.2, 0.25) is 0 Å². The zero-order valence-corrected chi connectivity index (χ0v) is 18.9. The average Bonchev–Trinajstić information content (AvgIpc) is 3.20. The van der Waals surface area contributed by atoms with Gasteiger partial charge in [-0.1, -0.05) is 26.8 Å². The third-order valence-electron chi connectivity index (χ3n) is 6.97. The molecule has 6 heteroatoms. The largest absolute Gasteiger partial charge is 0.362 e. The van der Waals surface area contributed by atoms with Crippen molar-refractivity contribution in [2.75, 3.05) is 0 Å². The predicted molar refractivity (Wildman–Crippen MR) is 121 cm³/mol. The lowest BCUT2D eigenvalue weighted by Gasteiger charge is -2.47. The number of halogens is 1. The first kappa shape index (κ1) is 20.7. The van der Waals surface area contributed by atoms with Crippen molar-refractivity contribution < 1.29 is 9.18 Å². The highest BCUT2D eigenvalue weighted by molar-refractivity contribution is 6.01. The Bertz CT molecular complexity index is 1230. The van der Waals surface area contributed by atoms with Crippen LogP contribution in [0.3, 0.4) is 0 Å². The first-order valence-electron chi connectivity index (χ1n) is 11.1. The standard InChI is InChI=1S/C26H27FN4O/c1-5-26(18-11-16(6-7-20(18)27)17-8-9-28-15(2)10-17)19-14-29-31-24(19)30-21-12-25(3,4)13-22(32)23(21)26/h6-11,14,24,30H,5,12-13H2,1-4H3/t24?,26-/m1/s1. The van der Waals surface area contributed by atoms with E-state index >= 15 is 4.39 Å². The second-order valence-electron chi connectivity index (χ2n) is 9.80.